The lowest BCUT2D eigenvalue weighted by atomic mass is 9.98. The van der Waals surface area contributed by atoms with E-state index in [1.165, 1.54) is 6.07 Å². The van der Waals surface area contributed by atoms with Crippen molar-refractivity contribution in [2.75, 3.05) is 34.4 Å². The zero-order valence-electron chi connectivity index (χ0n) is 16.3. The molecule has 2 aromatic rings. The van der Waals surface area contributed by atoms with E-state index in [4.69, 9.17) is 21.1 Å². The van der Waals surface area contributed by atoms with Crippen LogP contribution in [0.15, 0.2) is 30.3 Å². The van der Waals surface area contributed by atoms with E-state index in [1.807, 2.05) is 17.0 Å². The lowest BCUT2D eigenvalue weighted by Gasteiger charge is -2.31. The minimum Gasteiger partial charge on any atom is -0.493 e. The highest BCUT2D eigenvalue weighted by molar-refractivity contribution is 6.31. The van der Waals surface area contributed by atoms with Gasteiger partial charge >= 0.3 is 0 Å². The quantitative estimate of drug-likeness (QED) is 0.736. The smallest absolute Gasteiger partial charge is 0.237 e. The number of halogens is 2. The van der Waals surface area contributed by atoms with Crippen LogP contribution in [0.25, 0.3) is 0 Å². The minimum absolute atomic E-state index is 0.00426. The van der Waals surface area contributed by atoms with Crippen molar-refractivity contribution in [3.63, 3.8) is 0 Å². The van der Waals surface area contributed by atoms with Crippen LogP contribution in [0.4, 0.5) is 4.39 Å². The third-order valence-corrected chi connectivity index (χ3v) is 5.32. The number of fused-ring (bicyclic) bond motifs is 1. The molecule has 0 aliphatic carbocycles. The van der Waals surface area contributed by atoms with Crippen LogP contribution in [0.1, 0.15) is 16.7 Å². The fourth-order valence-electron chi connectivity index (χ4n) is 3.44. The van der Waals surface area contributed by atoms with Crippen molar-refractivity contribution in [2.45, 2.75) is 19.5 Å². The van der Waals surface area contributed by atoms with E-state index in [2.05, 4.69) is 0 Å². The maximum Gasteiger partial charge on any atom is 0.237 e. The number of amides is 1. The van der Waals surface area contributed by atoms with Crippen LogP contribution < -0.4 is 9.47 Å². The van der Waals surface area contributed by atoms with Gasteiger partial charge in [0.1, 0.15) is 5.82 Å². The Hall–Kier alpha value is -2.31. The van der Waals surface area contributed by atoms with E-state index < -0.39 is 0 Å². The molecule has 1 heterocycles. The van der Waals surface area contributed by atoms with Crippen molar-refractivity contribution in [3.05, 3.63) is 57.9 Å². The number of rotatable bonds is 6. The number of carbonyl (C=O) groups is 1. The lowest BCUT2D eigenvalue weighted by Crippen LogP contribution is -2.41. The van der Waals surface area contributed by atoms with Crippen molar-refractivity contribution in [2.24, 2.45) is 0 Å². The highest BCUT2D eigenvalue weighted by Crippen LogP contribution is 2.33. The number of hydrogen-bond donors (Lipinski definition) is 0. The summed E-state index contributed by atoms with van der Waals surface area (Å²) in [5.41, 5.74) is 2.62. The summed E-state index contributed by atoms with van der Waals surface area (Å²) in [4.78, 5) is 16.3. The zero-order valence-corrected chi connectivity index (χ0v) is 17.1. The summed E-state index contributed by atoms with van der Waals surface area (Å²) in [6.07, 6.45) is 0.754. The summed E-state index contributed by atoms with van der Waals surface area (Å²) >= 11 is 6.08. The highest BCUT2D eigenvalue weighted by atomic mass is 35.5. The van der Waals surface area contributed by atoms with Crippen molar-refractivity contribution >= 4 is 17.5 Å². The molecule has 7 heteroatoms. The Morgan fingerprint density at radius 2 is 1.89 bits per heavy atom. The topological polar surface area (TPSA) is 42.0 Å². The number of nitrogens with zero attached hydrogens (tertiary/aromatic N) is 2. The van der Waals surface area contributed by atoms with Gasteiger partial charge in [0.05, 0.1) is 20.8 Å². The van der Waals surface area contributed by atoms with E-state index in [9.17, 15) is 9.18 Å². The van der Waals surface area contributed by atoms with Crippen LogP contribution in [-0.4, -0.2) is 50.1 Å². The first-order chi connectivity index (χ1) is 13.4. The lowest BCUT2D eigenvalue weighted by molar-refractivity contribution is -0.133. The Labute approximate surface area is 169 Å². The maximum atomic E-state index is 14.0. The Kier molecular flexibility index (Phi) is 6.42. The molecule has 0 spiro atoms. The van der Waals surface area contributed by atoms with Crippen molar-refractivity contribution in [1.29, 1.82) is 0 Å². The molecule has 0 atom stereocenters. The molecule has 0 aromatic heterocycles. The fraction of sp³-hybridized carbons (Fsp3) is 0.381. The summed E-state index contributed by atoms with van der Waals surface area (Å²) in [5.74, 6) is 0.986. The normalized spacial score (nSPS) is 13.4. The SMILES string of the molecule is COc1cc2c(cc1OC)CN(C(=O)CN(C)Cc1c(F)cccc1Cl)CC2. The molecular weight excluding hydrogens is 383 g/mol. The van der Waals surface area contributed by atoms with Gasteiger partial charge in [-0.3, -0.25) is 9.69 Å². The molecule has 28 heavy (non-hydrogen) atoms. The highest BCUT2D eigenvalue weighted by Gasteiger charge is 2.24. The van der Waals surface area contributed by atoms with E-state index in [0.29, 0.717) is 35.2 Å². The van der Waals surface area contributed by atoms with Gasteiger partial charge in [-0.1, -0.05) is 17.7 Å². The summed E-state index contributed by atoms with van der Waals surface area (Å²) in [7, 11) is 4.99. The molecule has 0 saturated heterocycles. The van der Waals surface area contributed by atoms with E-state index in [0.717, 1.165) is 17.5 Å². The summed E-state index contributed by atoms with van der Waals surface area (Å²) in [6, 6.07) is 8.50. The van der Waals surface area contributed by atoms with Crippen LogP contribution in [0, 0.1) is 5.82 Å². The summed E-state index contributed by atoms with van der Waals surface area (Å²) in [5, 5.41) is 0.368. The third-order valence-electron chi connectivity index (χ3n) is 4.97. The molecule has 0 radical (unpaired) electrons. The largest absolute Gasteiger partial charge is 0.493 e. The average Bonchev–Trinajstić information content (AvgIpc) is 2.69. The van der Waals surface area contributed by atoms with Gasteiger partial charge in [0.15, 0.2) is 11.5 Å². The Bertz CT molecular complexity index is 855. The molecule has 1 amide bonds. The van der Waals surface area contributed by atoms with Gasteiger partial charge in [-0.25, -0.2) is 4.39 Å². The summed E-state index contributed by atoms with van der Waals surface area (Å²) < 4.78 is 24.7. The second kappa shape index (κ2) is 8.80. The average molecular weight is 407 g/mol. The number of ether oxygens (including phenoxy) is 2. The van der Waals surface area contributed by atoms with Gasteiger partial charge in [-0.15, -0.1) is 0 Å². The van der Waals surface area contributed by atoms with Gasteiger partial charge in [0.2, 0.25) is 5.91 Å². The van der Waals surface area contributed by atoms with E-state index >= 15 is 0 Å². The number of hydrogen-bond acceptors (Lipinski definition) is 4. The Morgan fingerprint density at radius 3 is 2.54 bits per heavy atom. The van der Waals surface area contributed by atoms with Crippen molar-refractivity contribution in [3.8, 4) is 11.5 Å². The van der Waals surface area contributed by atoms with Crippen LogP contribution in [-0.2, 0) is 24.3 Å². The molecular formula is C21H24ClFN2O3. The van der Waals surface area contributed by atoms with Gasteiger partial charge in [0, 0.05) is 30.2 Å². The molecule has 0 bridgehead atoms. The standard InChI is InChI=1S/C21H24ClFN2O3/c1-24(12-16-17(22)5-4-6-18(16)23)13-21(26)25-8-7-14-9-19(27-2)20(28-3)10-15(14)11-25/h4-6,9-10H,7-8,11-13H2,1-3H3. The van der Waals surface area contributed by atoms with Crippen molar-refractivity contribution < 1.29 is 18.7 Å². The predicted octanol–water partition coefficient (Wildman–Crippen LogP) is 3.51. The molecule has 3 rings (SSSR count). The first-order valence-electron chi connectivity index (χ1n) is 9.06. The molecule has 5 nitrogen and oxygen atoms in total. The number of benzene rings is 2. The van der Waals surface area contributed by atoms with Gasteiger partial charge in [0.25, 0.3) is 0 Å². The van der Waals surface area contributed by atoms with Crippen LogP contribution in [0.3, 0.4) is 0 Å². The first kappa shape index (κ1) is 20.4. The molecule has 0 fully saturated rings. The van der Waals surface area contributed by atoms with Gasteiger partial charge < -0.3 is 14.4 Å². The number of carbonyl (C=O) groups excluding carboxylic acids is 1. The second-order valence-corrected chi connectivity index (χ2v) is 7.32. The van der Waals surface area contributed by atoms with Gasteiger partial charge in [-0.05, 0) is 48.9 Å². The monoisotopic (exact) mass is 406 g/mol. The fourth-order valence-corrected chi connectivity index (χ4v) is 3.66. The molecule has 1 aliphatic heterocycles. The minimum atomic E-state index is -0.361. The van der Waals surface area contributed by atoms with E-state index in [-0.39, 0.29) is 24.8 Å². The van der Waals surface area contributed by atoms with E-state index in [1.54, 1.807) is 38.3 Å². The Balaban J connectivity index is 1.66. The number of methoxy groups -OCH3 is 2. The van der Waals surface area contributed by atoms with Crippen LogP contribution in [0.2, 0.25) is 5.02 Å². The number of likely N-dealkylation sites (N-methyl/N-ethyl adjacent to an activating group) is 1. The molecule has 0 saturated carbocycles. The molecule has 0 N–H and O–H groups in total. The molecule has 1 aliphatic rings. The molecule has 2 aromatic carbocycles. The van der Waals surface area contributed by atoms with Crippen LogP contribution >= 0.6 is 11.6 Å². The van der Waals surface area contributed by atoms with Crippen LogP contribution in [0.5, 0.6) is 11.5 Å². The molecule has 150 valence electrons. The Morgan fingerprint density at radius 1 is 1.21 bits per heavy atom. The van der Waals surface area contributed by atoms with Crippen molar-refractivity contribution in [1.82, 2.24) is 9.80 Å². The van der Waals surface area contributed by atoms with Gasteiger partial charge in [-0.2, -0.15) is 0 Å². The first-order valence-corrected chi connectivity index (χ1v) is 9.43. The maximum absolute atomic E-state index is 14.0. The molecule has 0 unspecified atom stereocenters. The summed E-state index contributed by atoms with van der Waals surface area (Å²) in [6.45, 7) is 1.61. The predicted molar refractivity (Wildman–Crippen MR) is 106 cm³/mol. The zero-order chi connectivity index (χ0) is 20.3. The second-order valence-electron chi connectivity index (χ2n) is 6.91. The third kappa shape index (κ3) is 4.39.